The maximum atomic E-state index is 4.72. The van der Waals surface area contributed by atoms with E-state index in [4.69, 9.17) is 4.98 Å². The van der Waals surface area contributed by atoms with Crippen LogP contribution in [-0.4, -0.2) is 22.0 Å². The summed E-state index contributed by atoms with van der Waals surface area (Å²) < 4.78 is 0. The van der Waals surface area contributed by atoms with Gasteiger partial charge in [0, 0.05) is 13.2 Å². The summed E-state index contributed by atoms with van der Waals surface area (Å²) in [6.45, 7) is 1.96. The highest BCUT2D eigenvalue weighted by atomic mass is 32.1. The van der Waals surface area contributed by atoms with Gasteiger partial charge in [-0.3, -0.25) is 4.98 Å². The zero-order valence-electron chi connectivity index (χ0n) is 12.7. The van der Waals surface area contributed by atoms with Crippen LogP contribution in [0, 0.1) is 12.8 Å². The number of thiophene rings is 1. The molecule has 0 amide bonds. The number of aromatic nitrogens is 3. The van der Waals surface area contributed by atoms with E-state index in [-0.39, 0.29) is 0 Å². The molecule has 1 aliphatic carbocycles. The Labute approximate surface area is 133 Å². The molecule has 4 nitrogen and oxygen atoms in total. The van der Waals surface area contributed by atoms with Crippen molar-refractivity contribution < 1.29 is 0 Å². The van der Waals surface area contributed by atoms with E-state index in [0.717, 1.165) is 27.6 Å². The molecule has 1 aliphatic rings. The fraction of sp³-hybridized carbons (Fsp3) is 0.353. The first-order chi connectivity index (χ1) is 10.7. The molecule has 1 saturated carbocycles. The van der Waals surface area contributed by atoms with Crippen molar-refractivity contribution in [3.8, 4) is 0 Å². The molecular formula is C17H18N4S. The van der Waals surface area contributed by atoms with Gasteiger partial charge in [0.2, 0.25) is 0 Å². The molecule has 0 saturated heterocycles. The summed E-state index contributed by atoms with van der Waals surface area (Å²) in [5.74, 6) is 2.52. The highest BCUT2D eigenvalue weighted by Gasteiger charge is 2.37. The van der Waals surface area contributed by atoms with E-state index in [0.29, 0.717) is 12.0 Å². The van der Waals surface area contributed by atoms with Gasteiger partial charge in [-0.2, -0.15) is 0 Å². The van der Waals surface area contributed by atoms with Gasteiger partial charge in [0.05, 0.1) is 17.1 Å². The minimum Gasteiger partial charge on any atom is -0.350 e. The fourth-order valence-electron chi connectivity index (χ4n) is 3.06. The predicted molar refractivity (Wildman–Crippen MR) is 90.3 cm³/mol. The van der Waals surface area contributed by atoms with E-state index in [1.165, 1.54) is 12.8 Å². The van der Waals surface area contributed by atoms with Gasteiger partial charge in [-0.25, -0.2) is 9.97 Å². The molecule has 0 aliphatic heterocycles. The first-order valence-electron chi connectivity index (χ1n) is 7.59. The van der Waals surface area contributed by atoms with Gasteiger partial charge in [-0.1, -0.05) is 6.07 Å². The lowest BCUT2D eigenvalue weighted by Crippen LogP contribution is -2.27. The van der Waals surface area contributed by atoms with E-state index >= 15 is 0 Å². The third kappa shape index (κ3) is 2.35. The Morgan fingerprint density at radius 2 is 2.09 bits per heavy atom. The lowest BCUT2D eigenvalue weighted by Gasteiger charge is -2.29. The third-order valence-electron chi connectivity index (χ3n) is 4.23. The van der Waals surface area contributed by atoms with Crippen molar-refractivity contribution in [1.29, 1.82) is 0 Å². The van der Waals surface area contributed by atoms with Crippen LogP contribution >= 0.6 is 11.3 Å². The van der Waals surface area contributed by atoms with E-state index in [1.807, 2.05) is 19.2 Å². The summed E-state index contributed by atoms with van der Waals surface area (Å²) in [5.41, 5.74) is 1.13. The summed E-state index contributed by atoms with van der Waals surface area (Å²) in [7, 11) is 2.14. The third-order valence-corrected chi connectivity index (χ3v) is 5.03. The SMILES string of the molecule is Cc1nc(N(C)C(c2ccccn2)C2CC2)c2ccsc2n1. The van der Waals surface area contributed by atoms with Crippen molar-refractivity contribution in [2.24, 2.45) is 5.92 Å². The van der Waals surface area contributed by atoms with Gasteiger partial charge in [0.15, 0.2) is 0 Å². The average molecular weight is 310 g/mol. The quantitative estimate of drug-likeness (QED) is 0.731. The number of hydrogen-bond donors (Lipinski definition) is 0. The second kappa shape index (κ2) is 5.32. The van der Waals surface area contributed by atoms with Crippen LogP contribution in [0.15, 0.2) is 35.8 Å². The monoisotopic (exact) mass is 310 g/mol. The zero-order valence-corrected chi connectivity index (χ0v) is 13.5. The molecule has 5 heteroatoms. The summed E-state index contributed by atoms with van der Waals surface area (Å²) >= 11 is 1.67. The normalized spacial score (nSPS) is 15.9. The van der Waals surface area contributed by atoms with Crippen molar-refractivity contribution in [2.45, 2.75) is 25.8 Å². The first kappa shape index (κ1) is 13.6. The van der Waals surface area contributed by atoms with E-state index < -0.39 is 0 Å². The van der Waals surface area contributed by atoms with Crippen LogP contribution in [0.3, 0.4) is 0 Å². The smallest absolute Gasteiger partial charge is 0.141 e. The Morgan fingerprint density at radius 1 is 1.23 bits per heavy atom. The number of nitrogens with zero attached hydrogens (tertiary/aromatic N) is 4. The van der Waals surface area contributed by atoms with Gasteiger partial charge in [0.1, 0.15) is 16.5 Å². The van der Waals surface area contributed by atoms with Gasteiger partial charge >= 0.3 is 0 Å². The molecule has 0 N–H and O–H groups in total. The largest absolute Gasteiger partial charge is 0.350 e. The molecule has 1 unspecified atom stereocenters. The minimum atomic E-state index is 0.290. The molecule has 0 bridgehead atoms. The summed E-state index contributed by atoms with van der Waals surface area (Å²) in [4.78, 5) is 17.2. The van der Waals surface area contributed by atoms with E-state index in [9.17, 15) is 0 Å². The van der Waals surface area contributed by atoms with Crippen molar-refractivity contribution in [3.63, 3.8) is 0 Å². The highest BCUT2D eigenvalue weighted by Crippen LogP contribution is 2.45. The van der Waals surface area contributed by atoms with Gasteiger partial charge in [0.25, 0.3) is 0 Å². The van der Waals surface area contributed by atoms with Crippen LogP contribution in [0.25, 0.3) is 10.2 Å². The molecule has 112 valence electrons. The minimum absolute atomic E-state index is 0.290. The Kier molecular flexibility index (Phi) is 3.30. The van der Waals surface area contributed by atoms with Crippen LogP contribution in [0.2, 0.25) is 0 Å². The molecule has 4 rings (SSSR count). The van der Waals surface area contributed by atoms with Gasteiger partial charge in [-0.05, 0) is 49.3 Å². The molecule has 3 aromatic rings. The van der Waals surface area contributed by atoms with Gasteiger partial charge in [-0.15, -0.1) is 11.3 Å². The lowest BCUT2D eigenvalue weighted by molar-refractivity contribution is 0.573. The Balaban J connectivity index is 1.80. The number of aryl methyl sites for hydroxylation is 1. The Morgan fingerprint density at radius 3 is 2.82 bits per heavy atom. The topological polar surface area (TPSA) is 41.9 Å². The molecule has 3 aromatic heterocycles. The van der Waals surface area contributed by atoms with Gasteiger partial charge < -0.3 is 4.90 Å². The second-order valence-electron chi connectivity index (χ2n) is 5.88. The van der Waals surface area contributed by atoms with Crippen LogP contribution in [-0.2, 0) is 0 Å². The van der Waals surface area contributed by atoms with Crippen LogP contribution in [0.1, 0.15) is 30.4 Å². The summed E-state index contributed by atoms with van der Waals surface area (Å²) in [6, 6.07) is 8.57. The Bertz CT molecular complexity index is 795. The van der Waals surface area contributed by atoms with Crippen molar-refractivity contribution in [2.75, 3.05) is 11.9 Å². The summed E-state index contributed by atoms with van der Waals surface area (Å²) in [6.07, 6.45) is 4.41. The molecule has 0 spiro atoms. The molecule has 0 aromatic carbocycles. The van der Waals surface area contributed by atoms with E-state index in [2.05, 4.69) is 45.5 Å². The maximum absolute atomic E-state index is 4.72. The Hall–Kier alpha value is -2.01. The predicted octanol–water partition coefficient (Wildman–Crippen LogP) is 3.98. The maximum Gasteiger partial charge on any atom is 0.141 e. The molecular weight excluding hydrogens is 292 g/mol. The first-order valence-corrected chi connectivity index (χ1v) is 8.47. The molecule has 1 atom stereocenters. The molecule has 0 radical (unpaired) electrons. The van der Waals surface area contributed by atoms with Crippen LogP contribution in [0.4, 0.5) is 5.82 Å². The average Bonchev–Trinajstić information content (AvgIpc) is 3.24. The fourth-order valence-corrected chi connectivity index (χ4v) is 3.87. The van der Waals surface area contributed by atoms with Crippen LogP contribution in [0.5, 0.6) is 0 Å². The highest BCUT2D eigenvalue weighted by molar-refractivity contribution is 7.16. The molecule has 3 heterocycles. The molecule has 1 fully saturated rings. The number of anilines is 1. The van der Waals surface area contributed by atoms with Crippen molar-refractivity contribution in [3.05, 3.63) is 47.4 Å². The summed E-state index contributed by atoms with van der Waals surface area (Å²) in [5, 5.41) is 3.22. The second-order valence-corrected chi connectivity index (χ2v) is 6.78. The number of rotatable bonds is 4. The van der Waals surface area contributed by atoms with Crippen LogP contribution < -0.4 is 4.90 Å². The number of hydrogen-bond acceptors (Lipinski definition) is 5. The number of fused-ring (bicyclic) bond motifs is 1. The standard InChI is InChI=1S/C17H18N4S/c1-11-19-16(13-8-10-22-17(13)20-11)21(2)15(12-6-7-12)14-5-3-4-9-18-14/h3-5,8-10,12,15H,6-7H2,1-2H3. The van der Waals surface area contributed by atoms with Crippen molar-refractivity contribution in [1.82, 2.24) is 15.0 Å². The van der Waals surface area contributed by atoms with E-state index in [1.54, 1.807) is 11.3 Å². The lowest BCUT2D eigenvalue weighted by atomic mass is 10.1. The number of pyridine rings is 1. The molecule has 22 heavy (non-hydrogen) atoms. The zero-order chi connectivity index (χ0) is 15.1. The van der Waals surface area contributed by atoms with Crippen molar-refractivity contribution >= 4 is 27.4 Å².